The van der Waals surface area contributed by atoms with Crippen molar-refractivity contribution in [3.8, 4) is 0 Å². The van der Waals surface area contributed by atoms with Gasteiger partial charge in [-0.3, -0.25) is 0 Å². The lowest BCUT2D eigenvalue weighted by atomic mass is 10.0. The molecule has 2 aromatic rings. The molecule has 0 radical (unpaired) electrons. The Kier molecular flexibility index (Phi) is 3.81. The molecule has 0 aliphatic carbocycles. The zero-order chi connectivity index (χ0) is 14.0. The lowest BCUT2D eigenvalue weighted by Gasteiger charge is -2.24. The Balaban J connectivity index is 2.50. The molecule has 2 nitrogen and oxygen atoms in total. The Bertz CT molecular complexity index is 582. The smallest absolute Gasteiger partial charge is 0.130 e. The van der Waals surface area contributed by atoms with Crippen LogP contribution in [0.15, 0.2) is 42.5 Å². The SMILES string of the molecule is CC(N)c1c(F)cccc1N(C)c1cccc(F)c1. The van der Waals surface area contributed by atoms with Crippen LogP contribution in [-0.4, -0.2) is 7.05 Å². The van der Waals surface area contributed by atoms with Gasteiger partial charge >= 0.3 is 0 Å². The number of hydrogen-bond donors (Lipinski definition) is 1. The maximum atomic E-state index is 13.9. The molecule has 1 unspecified atom stereocenters. The fraction of sp³-hybridized carbons (Fsp3) is 0.200. The van der Waals surface area contributed by atoms with E-state index in [2.05, 4.69) is 0 Å². The maximum absolute atomic E-state index is 13.9. The molecule has 19 heavy (non-hydrogen) atoms. The second kappa shape index (κ2) is 5.36. The van der Waals surface area contributed by atoms with Crippen molar-refractivity contribution in [2.45, 2.75) is 13.0 Å². The van der Waals surface area contributed by atoms with Gasteiger partial charge in [0, 0.05) is 30.0 Å². The number of benzene rings is 2. The van der Waals surface area contributed by atoms with E-state index in [1.165, 1.54) is 18.2 Å². The maximum Gasteiger partial charge on any atom is 0.130 e. The van der Waals surface area contributed by atoms with Crippen molar-refractivity contribution in [1.82, 2.24) is 0 Å². The summed E-state index contributed by atoms with van der Waals surface area (Å²) in [5.41, 5.74) is 7.53. The summed E-state index contributed by atoms with van der Waals surface area (Å²) < 4.78 is 27.1. The van der Waals surface area contributed by atoms with Crippen molar-refractivity contribution in [2.75, 3.05) is 11.9 Å². The van der Waals surface area contributed by atoms with Gasteiger partial charge in [0.15, 0.2) is 0 Å². The van der Waals surface area contributed by atoms with E-state index >= 15 is 0 Å². The highest BCUT2D eigenvalue weighted by atomic mass is 19.1. The van der Waals surface area contributed by atoms with Crippen LogP contribution >= 0.6 is 0 Å². The molecule has 0 spiro atoms. The van der Waals surface area contributed by atoms with Gasteiger partial charge in [0.25, 0.3) is 0 Å². The van der Waals surface area contributed by atoms with E-state index in [1.54, 1.807) is 43.1 Å². The molecule has 0 amide bonds. The van der Waals surface area contributed by atoms with Crippen molar-refractivity contribution in [3.63, 3.8) is 0 Å². The van der Waals surface area contributed by atoms with Gasteiger partial charge in [-0.15, -0.1) is 0 Å². The molecular weight excluding hydrogens is 246 g/mol. The first-order chi connectivity index (χ1) is 9.00. The molecule has 0 saturated heterocycles. The number of hydrogen-bond acceptors (Lipinski definition) is 2. The molecule has 1 atom stereocenters. The molecule has 0 heterocycles. The molecule has 0 fully saturated rings. The van der Waals surface area contributed by atoms with E-state index in [-0.39, 0.29) is 11.6 Å². The second-order valence-electron chi connectivity index (χ2n) is 4.50. The van der Waals surface area contributed by atoms with E-state index in [1.807, 2.05) is 0 Å². The van der Waals surface area contributed by atoms with Crippen LogP contribution in [0.5, 0.6) is 0 Å². The fourth-order valence-corrected chi connectivity index (χ4v) is 2.09. The first kappa shape index (κ1) is 13.5. The number of rotatable bonds is 3. The van der Waals surface area contributed by atoms with Crippen LogP contribution in [0, 0.1) is 11.6 Å². The molecule has 0 aliphatic heterocycles. The fourth-order valence-electron chi connectivity index (χ4n) is 2.09. The number of nitrogens with two attached hydrogens (primary N) is 1. The number of anilines is 2. The van der Waals surface area contributed by atoms with Gasteiger partial charge in [0.2, 0.25) is 0 Å². The van der Waals surface area contributed by atoms with E-state index in [4.69, 9.17) is 5.73 Å². The second-order valence-corrected chi connectivity index (χ2v) is 4.50. The highest BCUT2D eigenvalue weighted by molar-refractivity contribution is 5.66. The zero-order valence-corrected chi connectivity index (χ0v) is 10.9. The Morgan fingerprint density at radius 2 is 1.79 bits per heavy atom. The van der Waals surface area contributed by atoms with Gasteiger partial charge in [0.05, 0.1) is 0 Å². The van der Waals surface area contributed by atoms with Crippen molar-refractivity contribution < 1.29 is 8.78 Å². The van der Waals surface area contributed by atoms with Crippen LogP contribution in [0.2, 0.25) is 0 Å². The summed E-state index contributed by atoms with van der Waals surface area (Å²) in [5, 5.41) is 0. The van der Waals surface area contributed by atoms with E-state index in [0.717, 1.165) is 0 Å². The normalized spacial score (nSPS) is 12.3. The van der Waals surface area contributed by atoms with Gasteiger partial charge < -0.3 is 10.6 Å². The van der Waals surface area contributed by atoms with Crippen LogP contribution in [0.4, 0.5) is 20.2 Å². The minimum Gasteiger partial charge on any atom is -0.344 e. The predicted octanol–water partition coefficient (Wildman–Crippen LogP) is 3.75. The van der Waals surface area contributed by atoms with Gasteiger partial charge in [-0.1, -0.05) is 12.1 Å². The molecule has 2 aromatic carbocycles. The van der Waals surface area contributed by atoms with Crippen molar-refractivity contribution in [3.05, 3.63) is 59.7 Å². The molecule has 2 N–H and O–H groups in total. The minimum atomic E-state index is -0.438. The molecular formula is C15H16F2N2. The van der Waals surface area contributed by atoms with Crippen LogP contribution in [-0.2, 0) is 0 Å². The van der Waals surface area contributed by atoms with Crippen molar-refractivity contribution >= 4 is 11.4 Å². The topological polar surface area (TPSA) is 29.3 Å². The van der Waals surface area contributed by atoms with Gasteiger partial charge in [-0.05, 0) is 37.3 Å². The van der Waals surface area contributed by atoms with Gasteiger partial charge in [0.1, 0.15) is 11.6 Å². The van der Waals surface area contributed by atoms with Gasteiger partial charge in [-0.2, -0.15) is 0 Å². The summed E-state index contributed by atoms with van der Waals surface area (Å²) in [5.74, 6) is -0.682. The molecule has 2 rings (SSSR count). The summed E-state index contributed by atoms with van der Waals surface area (Å²) in [4.78, 5) is 1.73. The third kappa shape index (κ3) is 2.74. The summed E-state index contributed by atoms with van der Waals surface area (Å²) in [6, 6.07) is 10.5. The molecule has 4 heteroatoms. The van der Waals surface area contributed by atoms with Crippen LogP contribution in [0.25, 0.3) is 0 Å². The summed E-state index contributed by atoms with van der Waals surface area (Å²) in [6.07, 6.45) is 0. The van der Waals surface area contributed by atoms with Crippen LogP contribution in [0.3, 0.4) is 0 Å². The summed E-state index contributed by atoms with van der Waals surface area (Å²) in [6.45, 7) is 1.72. The van der Waals surface area contributed by atoms with E-state index < -0.39 is 6.04 Å². The average Bonchev–Trinajstić information content (AvgIpc) is 2.37. The Morgan fingerprint density at radius 1 is 1.11 bits per heavy atom. The first-order valence-electron chi connectivity index (χ1n) is 6.04. The lowest BCUT2D eigenvalue weighted by molar-refractivity contribution is 0.594. The highest BCUT2D eigenvalue weighted by Gasteiger charge is 2.16. The summed E-state index contributed by atoms with van der Waals surface area (Å²) >= 11 is 0. The first-order valence-corrected chi connectivity index (χ1v) is 6.04. The van der Waals surface area contributed by atoms with Crippen LogP contribution in [0.1, 0.15) is 18.5 Å². The van der Waals surface area contributed by atoms with Crippen molar-refractivity contribution in [1.29, 1.82) is 0 Å². The Morgan fingerprint density at radius 3 is 2.42 bits per heavy atom. The third-order valence-corrected chi connectivity index (χ3v) is 3.04. The largest absolute Gasteiger partial charge is 0.344 e. The van der Waals surface area contributed by atoms with E-state index in [9.17, 15) is 8.78 Å². The molecule has 100 valence electrons. The average molecular weight is 262 g/mol. The molecule has 0 bridgehead atoms. The van der Waals surface area contributed by atoms with Crippen molar-refractivity contribution in [2.24, 2.45) is 5.73 Å². The Hall–Kier alpha value is -1.94. The molecule has 0 saturated carbocycles. The van der Waals surface area contributed by atoms with E-state index in [0.29, 0.717) is 16.9 Å². The standard InChI is InChI=1S/C15H16F2N2/c1-10(18)15-13(17)7-4-8-14(15)19(2)12-6-3-5-11(16)9-12/h3-10H,18H2,1-2H3. The third-order valence-electron chi connectivity index (χ3n) is 3.04. The monoisotopic (exact) mass is 262 g/mol. The number of nitrogens with zero attached hydrogens (tertiary/aromatic N) is 1. The molecule has 0 aliphatic rings. The number of halogens is 2. The Labute approximate surface area is 111 Å². The highest BCUT2D eigenvalue weighted by Crippen LogP contribution is 2.31. The summed E-state index contributed by atoms with van der Waals surface area (Å²) in [7, 11) is 1.76. The van der Waals surface area contributed by atoms with Crippen LogP contribution < -0.4 is 10.6 Å². The molecule has 0 aromatic heterocycles. The quantitative estimate of drug-likeness (QED) is 0.912. The minimum absolute atomic E-state index is 0.330. The predicted molar refractivity (Wildman–Crippen MR) is 73.5 cm³/mol. The van der Waals surface area contributed by atoms with Gasteiger partial charge in [-0.25, -0.2) is 8.78 Å². The zero-order valence-electron chi connectivity index (χ0n) is 10.9. The lowest BCUT2D eigenvalue weighted by Crippen LogP contribution is -2.17.